The summed E-state index contributed by atoms with van der Waals surface area (Å²) in [6, 6.07) is 14.3. The van der Waals surface area contributed by atoms with E-state index in [2.05, 4.69) is 30.5 Å². The quantitative estimate of drug-likeness (QED) is 0.619. The van der Waals surface area contributed by atoms with Gasteiger partial charge in [0.15, 0.2) is 18.0 Å². The molecule has 5 nitrogen and oxygen atoms in total. The third-order valence-electron chi connectivity index (χ3n) is 4.49. The van der Waals surface area contributed by atoms with Gasteiger partial charge in [-0.25, -0.2) is 0 Å². The molecule has 28 heavy (non-hydrogen) atoms. The summed E-state index contributed by atoms with van der Waals surface area (Å²) in [6.45, 7) is 4.35. The number of ether oxygens (including phenoxy) is 2. The number of hydrogen-bond acceptors (Lipinski definition) is 4. The summed E-state index contributed by atoms with van der Waals surface area (Å²) in [6.07, 6.45) is 2.06. The van der Waals surface area contributed by atoms with Crippen molar-refractivity contribution in [2.45, 2.75) is 24.9 Å². The molecule has 2 rings (SSSR count). The maximum absolute atomic E-state index is 12.6. The van der Waals surface area contributed by atoms with E-state index in [0.29, 0.717) is 19.7 Å². The van der Waals surface area contributed by atoms with E-state index >= 15 is 0 Å². The smallest absolute Gasteiger partial charge is 0.277 e. The fraction of sp³-hybridized carbons (Fsp3) is 0.409. The number of nitrogens with zero attached hydrogens (tertiary/aromatic N) is 1. The molecule has 1 N–H and O–H groups in total. The van der Waals surface area contributed by atoms with Gasteiger partial charge in [0.2, 0.25) is 0 Å². The second kappa shape index (κ2) is 11.0. The Morgan fingerprint density at radius 1 is 1.11 bits per heavy atom. The van der Waals surface area contributed by atoms with Gasteiger partial charge in [-0.15, -0.1) is 11.8 Å². The van der Waals surface area contributed by atoms with Crippen LogP contribution in [0.2, 0.25) is 0 Å². The summed E-state index contributed by atoms with van der Waals surface area (Å²) in [5.41, 5.74) is 2.25. The molecule has 0 aromatic heterocycles. The van der Waals surface area contributed by atoms with E-state index in [-0.39, 0.29) is 5.91 Å². The van der Waals surface area contributed by atoms with E-state index < -0.39 is 0 Å². The van der Waals surface area contributed by atoms with E-state index in [1.807, 2.05) is 39.2 Å². The van der Waals surface area contributed by atoms with E-state index in [0.717, 1.165) is 34.1 Å². The molecule has 2 aromatic rings. The Morgan fingerprint density at radius 2 is 1.79 bits per heavy atom. The van der Waals surface area contributed by atoms with Crippen LogP contribution in [-0.4, -0.2) is 51.4 Å². The van der Waals surface area contributed by atoms with Crippen LogP contribution in [0, 0.1) is 0 Å². The first kappa shape index (κ1) is 22.1. The molecule has 1 unspecified atom stereocenters. The van der Waals surface area contributed by atoms with Crippen LogP contribution in [0.5, 0.6) is 11.5 Å². The second-order valence-electron chi connectivity index (χ2n) is 6.83. The molecule has 0 aliphatic heterocycles. The molecule has 0 bridgehead atoms. The van der Waals surface area contributed by atoms with E-state index in [1.54, 1.807) is 23.8 Å². The van der Waals surface area contributed by atoms with Crippen molar-refractivity contribution in [1.29, 1.82) is 0 Å². The Morgan fingerprint density at radius 3 is 2.39 bits per heavy atom. The lowest BCUT2D eigenvalue weighted by Gasteiger charge is -2.20. The third-order valence-corrected chi connectivity index (χ3v) is 5.23. The maximum Gasteiger partial charge on any atom is 0.277 e. The molecular weight excluding hydrogens is 372 g/mol. The first-order valence-corrected chi connectivity index (χ1v) is 10.7. The van der Waals surface area contributed by atoms with Gasteiger partial charge in [0.05, 0.1) is 20.8 Å². The van der Waals surface area contributed by atoms with Crippen molar-refractivity contribution in [3.63, 3.8) is 0 Å². The van der Waals surface area contributed by atoms with Gasteiger partial charge >= 0.3 is 0 Å². The number of carbonyl (C=O) groups is 1. The minimum atomic E-state index is 0.129. The number of quaternary nitrogens is 1. The Balaban J connectivity index is 1.90. The molecule has 0 spiro atoms. The molecular formula is C22H31N2O3S+. The van der Waals surface area contributed by atoms with Crippen LogP contribution < -0.4 is 14.4 Å². The predicted octanol–water partition coefficient (Wildman–Crippen LogP) is 2.49. The van der Waals surface area contributed by atoms with E-state index in [9.17, 15) is 4.79 Å². The zero-order chi connectivity index (χ0) is 20.5. The fourth-order valence-electron chi connectivity index (χ4n) is 2.99. The van der Waals surface area contributed by atoms with Crippen molar-refractivity contribution in [1.82, 2.24) is 4.90 Å². The van der Waals surface area contributed by atoms with Crippen molar-refractivity contribution in [2.75, 3.05) is 40.6 Å². The van der Waals surface area contributed by atoms with Gasteiger partial charge < -0.3 is 19.3 Å². The Labute approximate surface area is 172 Å². The highest BCUT2D eigenvalue weighted by Crippen LogP contribution is 2.27. The van der Waals surface area contributed by atoms with Gasteiger partial charge in [0.1, 0.15) is 6.54 Å². The lowest BCUT2D eigenvalue weighted by molar-refractivity contribution is -0.885. The number of methoxy groups -OCH3 is 1. The average molecular weight is 404 g/mol. The molecule has 0 aliphatic rings. The number of nitrogens with one attached hydrogen (secondary N) is 1. The van der Waals surface area contributed by atoms with Crippen LogP contribution in [0.25, 0.3) is 0 Å². The minimum Gasteiger partial charge on any atom is -0.493 e. The summed E-state index contributed by atoms with van der Waals surface area (Å²) in [4.78, 5) is 16.7. The molecule has 1 amide bonds. The summed E-state index contributed by atoms with van der Waals surface area (Å²) in [5, 5.41) is 0. The van der Waals surface area contributed by atoms with Crippen molar-refractivity contribution < 1.29 is 19.2 Å². The molecule has 0 saturated carbocycles. The second-order valence-corrected chi connectivity index (χ2v) is 7.71. The number of hydrogen-bond donors (Lipinski definition) is 1. The van der Waals surface area contributed by atoms with Gasteiger partial charge in [-0.2, -0.15) is 0 Å². The van der Waals surface area contributed by atoms with E-state index in [4.69, 9.17) is 9.47 Å². The number of amides is 1. The van der Waals surface area contributed by atoms with Gasteiger partial charge in [-0.1, -0.05) is 12.1 Å². The molecule has 1 atom stereocenters. The highest BCUT2D eigenvalue weighted by molar-refractivity contribution is 7.98. The fourth-order valence-corrected chi connectivity index (χ4v) is 3.40. The molecule has 2 aromatic carbocycles. The lowest BCUT2D eigenvalue weighted by atomic mass is 10.2. The zero-order valence-corrected chi connectivity index (χ0v) is 18.3. The van der Waals surface area contributed by atoms with Crippen LogP contribution in [0.4, 0.5) is 0 Å². The number of carbonyl (C=O) groups excluding carboxylic acids is 1. The summed E-state index contributed by atoms with van der Waals surface area (Å²) in [5.74, 6) is 1.60. The minimum absolute atomic E-state index is 0.129. The normalized spacial score (nSPS) is 11.8. The molecule has 0 fully saturated rings. The molecule has 0 radical (unpaired) electrons. The summed E-state index contributed by atoms with van der Waals surface area (Å²) >= 11 is 1.72. The monoisotopic (exact) mass is 403 g/mol. The largest absolute Gasteiger partial charge is 0.493 e. The average Bonchev–Trinajstić information content (AvgIpc) is 2.69. The number of benzene rings is 2. The highest BCUT2D eigenvalue weighted by atomic mass is 32.2. The molecule has 0 saturated heterocycles. The zero-order valence-electron chi connectivity index (χ0n) is 17.5. The van der Waals surface area contributed by atoms with Crippen molar-refractivity contribution >= 4 is 17.7 Å². The third kappa shape index (κ3) is 6.46. The maximum atomic E-state index is 12.6. The Bertz CT molecular complexity index is 765. The van der Waals surface area contributed by atoms with Crippen LogP contribution in [0.15, 0.2) is 47.4 Å². The molecule has 0 aliphatic carbocycles. The Hall–Kier alpha value is -2.18. The number of rotatable bonds is 10. The van der Waals surface area contributed by atoms with Gasteiger partial charge in [0, 0.05) is 24.1 Å². The SMILES string of the molecule is CCOc1ccc(C[NH+](C)CC(=O)N(C)Cc2ccc(SC)cc2)cc1OC. The van der Waals surface area contributed by atoms with Crippen LogP contribution >= 0.6 is 11.8 Å². The van der Waals surface area contributed by atoms with Gasteiger partial charge in [-0.05, 0) is 49.1 Å². The van der Waals surface area contributed by atoms with Crippen LogP contribution in [0.3, 0.4) is 0 Å². The molecule has 0 heterocycles. The van der Waals surface area contributed by atoms with Crippen molar-refractivity contribution in [2.24, 2.45) is 0 Å². The molecule has 6 heteroatoms. The van der Waals surface area contributed by atoms with Gasteiger partial charge in [-0.3, -0.25) is 4.79 Å². The predicted molar refractivity (Wildman–Crippen MR) is 114 cm³/mol. The van der Waals surface area contributed by atoms with Crippen molar-refractivity contribution in [3.8, 4) is 11.5 Å². The van der Waals surface area contributed by atoms with Crippen molar-refractivity contribution in [3.05, 3.63) is 53.6 Å². The number of likely N-dealkylation sites (N-methyl/N-ethyl adjacent to an activating group) is 2. The standard InChI is InChI=1S/C22H30N2O3S/c1-6-27-20-12-9-18(13-21(20)26-4)14-23(2)16-22(25)24(3)15-17-7-10-19(28-5)11-8-17/h7-13H,6,14-16H2,1-5H3/p+1. The topological polar surface area (TPSA) is 43.2 Å². The van der Waals surface area contributed by atoms with Crippen LogP contribution in [-0.2, 0) is 17.9 Å². The summed E-state index contributed by atoms with van der Waals surface area (Å²) in [7, 11) is 5.53. The number of thioether (sulfide) groups is 1. The Kier molecular flexibility index (Phi) is 8.67. The lowest BCUT2D eigenvalue weighted by Crippen LogP contribution is -3.08. The first-order chi connectivity index (χ1) is 13.5. The van der Waals surface area contributed by atoms with Gasteiger partial charge in [0.25, 0.3) is 5.91 Å². The molecule has 152 valence electrons. The van der Waals surface area contributed by atoms with E-state index in [1.165, 1.54) is 4.90 Å². The highest BCUT2D eigenvalue weighted by Gasteiger charge is 2.16. The van der Waals surface area contributed by atoms with Crippen LogP contribution in [0.1, 0.15) is 18.1 Å². The first-order valence-electron chi connectivity index (χ1n) is 9.44. The summed E-state index contributed by atoms with van der Waals surface area (Å²) < 4.78 is 11.0.